The number of nitro benzene ring substituents is 1. The lowest BCUT2D eigenvalue weighted by Gasteiger charge is -2.12. The molecule has 102 valence electrons. The molecule has 1 unspecified atom stereocenters. The Morgan fingerprint density at radius 1 is 1.53 bits per heavy atom. The van der Waals surface area contributed by atoms with Crippen LogP contribution in [0.5, 0.6) is 5.75 Å². The first-order chi connectivity index (χ1) is 8.79. The maximum atomic E-state index is 12.4. The highest BCUT2D eigenvalue weighted by Gasteiger charge is 2.33. The maximum Gasteiger partial charge on any atom is 0.416 e. The molecule has 0 spiro atoms. The highest BCUT2D eigenvalue weighted by Crippen LogP contribution is 2.36. The first kappa shape index (κ1) is 14.8. The van der Waals surface area contributed by atoms with Crippen LogP contribution in [0.2, 0.25) is 0 Å². The second-order valence-corrected chi connectivity index (χ2v) is 3.58. The Balaban J connectivity index is 3.20. The predicted octanol–water partition coefficient (Wildman–Crippen LogP) is 3.29. The van der Waals surface area contributed by atoms with Crippen molar-refractivity contribution in [2.75, 3.05) is 0 Å². The summed E-state index contributed by atoms with van der Waals surface area (Å²) in [4.78, 5) is 9.76. The molecule has 0 bridgehead atoms. The third-order valence-electron chi connectivity index (χ3n) is 2.27. The second kappa shape index (κ2) is 5.56. The predicted molar refractivity (Wildman–Crippen MR) is 58.4 cm³/mol. The Bertz CT molecular complexity index is 523. The summed E-state index contributed by atoms with van der Waals surface area (Å²) in [6.07, 6.45) is -5.37. The third kappa shape index (κ3) is 3.58. The molecule has 1 atom stereocenters. The average molecular weight is 274 g/mol. The zero-order valence-electron chi connectivity index (χ0n) is 9.77. The van der Waals surface area contributed by atoms with Gasteiger partial charge in [0.1, 0.15) is 6.07 Å². The Hall–Kier alpha value is -2.30. The van der Waals surface area contributed by atoms with Crippen molar-refractivity contribution in [3.8, 4) is 11.8 Å². The number of hydrogen-bond donors (Lipinski definition) is 0. The molecule has 0 N–H and O–H groups in total. The van der Waals surface area contributed by atoms with E-state index < -0.39 is 28.5 Å². The minimum atomic E-state index is -4.68. The van der Waals surface area contributed by atoms with E-state index in [1.165, 1.54) is 0 Å². The molecule has 19 heavy (non-hydrogen) atoms. The summed E-state index contributed by atoms with van der Waals surface area (Å²) < 4.78 is 42.3. The monoisotopic (exact) mass is 274 g/mol. The van der Waals surface area contributed by atoms with Crippen LogP contribution in [0.4, 0.5) is 18.9 Å². The molecule has 0 saturated heterocycles. The molecule has 0 heterocycles. The van der Waals surface area contributed by atoms with Crippen LogP contribution in [-0.4, -0.2) is 11.0 Å². The Labute approximate surface area is 106 Å². The molecule has 8 heteroatoms. The van der Waals surface area contributed by atoms with Gasteiger partial charge in [-0.1, -0.05) is 6.92 Å². The van der Waals surface area contributed by atoms with Crippen molar-refractivity contribution in [2.24, 2.45) is 0 Å². The van der Waals surface area contributed by atoms with Crippen molar-refractivity contribution in [1.82, 2.24) is 0 Å². The van der Waals surface area contributed by atoms with Crippen LogP contribution in [0, 0.1) is 21.4 Å². The van der Waals surface area contributed by atoms with Crippen LogP contribution in [0.3, 0.4) is 0 Å². The lowest BCUT2D eigenvalue weighted by Crippen LogP contribution is -2.14. The molecule has 0 fully saturated rings. The number of nitriles is 1. The van der Waals surface area contributed by atoms with Gasteiger partial charge >= 0.3 is 11.9 Å². The van der Waals surface area contributed by atoms with Gasteiger partial charge in [-0.05, 0) is 18.6 Å². The van der Waals surface area contributed by atoms with Crippen LogP contribution in [0.1, 0.15) is 18.9 Å². The molecule has 5 nitrogen and oxygen atoms in total. The van der Waals surface area contributed by atoms with Crippen molar-refractivity contribution in [2.45, 2.75) is 25.6 Å². The summed E-state index contributed by atoms with van der Waals surface area (Å²) in [5.74, 6) is -0.355. The standard InChI is InChI=1S/C11H9F3N2O3/c1-2-8(6-15)19-10-4-3-7(11(12,13)14)5-9(10)16(17)18/h3-5,8H,2H2,1H3. The summed E-state index contributed by atoms with van der Waals surface area (Å²) in [6.45, 7) is 1.61. The van der Waals surface area contributed by atoms with E-state index in [-0.39, 0.29) is 12.2 Å². The van der Waals surface area contributed by atoms with Gasteiger partial charge in [-0.25, -0.2) is 0 Å². The molecule has 0 aromatic heterocycles. The molecule has 0 aliphatic heterocycles. The molecule has 0 aliphatic carbocycles. The molecule has 0 aliphatic rings. The van der Waals surface area contributed by atoms with E-state index in [0.29, 0.717) is 12.1 Å². The molecule has 1 rings (SSSR count). The van der Waals surface area contributed by atoms with Crippen molar-refractivity contribution in [1.29, 1.82) is 5.26 Å². The quantitative estimate of drug-likeness (QED) is 0.623. The van der Waals surface area contributed by atoms with Crippen LogP contribution in [0.15, 0.2) is 18.2 Å². The summed E-state index contributed by atoms with van der Waals surface area (Å²) in [7, 11) is 0. The largest absolute Gasteiger partial charge is 0.468 e. The number of alkyl halides is 3. The average Bonchev–Trinajstić information content (AvgIpc) is 2.34. The van der Waals surface area contributed by atoms with Crippen LogP contribution in [-0.2, 0) is 6.18 Å². The number of benzene rings is 1. The molecule has 0 radical (unpaired) electrons. The smallest absolute Gasteiger partial charge is 0.416 e. The molecule has 1 aromatic rings. The van der Waals surface area contributed by atoms with Crippen LogP contribution >= 0.6 is 0 Å². The summed E-state index contributed by atoms with van der Waals surface area (Å²) in [6, 6.07) is 3.65. The lowest BCUT2D eigenvalue weighted by atomic mass is 10.2. The first-order valence-electron chi connectivity index (χ1n) is 5.21. The fraction of sp³-hybridized carbons (Fsp3) is 0.364. The highest BCUT2D eigenvalue weighted by molar-refractivity contribution is 5.49. The van der Waals surface area contributed by atoms with Crippen molar-refractivity contribution in [3.05, 3.63) is 33.9 Å². The number of ether oxygens (including phenoxy) is 1. The molecular weight excluding hydrogens is 265 g/mol. The van der Waals surface area contributed by atoms with E-state index in [0.717, 1.165) is 6.07 Å². The van der Waals surface area contributed by atoms with E-state index in [1.54, 1.807) is 13.0 Å². The fourth-order valence-electron chi connectivity index (χ4n) is 1.29. The van der Waals surface area contributed by atoms with Crippen LogP contribution in [0.25, 0.3) is 0 Å². The van der Waals surface area contributed by atoms with Crippen LogP contribution < -0.4 is 4.74 Å². The second-order valence-electron chi connectivity index (χ2n) is 3.58. The van der Waals surface area contributed by atoms with Gasteiger partial charge in [0.15, 0.2) is 11.9 Å². The van der Waals surface area contributed by atoms with Gasteiger partial charge in [-0.15, -0.1) is 0 Å². The van der Waals surface area contributed by atoms with Gasteiger partial charge in [-0.3, -0.25) is 10.1 Å². The summed E-state index contributed by atoms with van der Waals surface area (Å²) in [5.41, 5.74) is -1.96. The molecule has 0 saturated carbocycles. The molecule has 0 amide bonds. The van der Waals surface area contributed by atoms with Gasteiger partial charge in [0, 0.05) is 6.07 Å². The van der Waals surface area contributed by atoms with Gasteiger partial charge in [0.2, 0.25) is 0 Å². The van der Waals surface area contributed by atoms with Gasteiger partial charge in [0.25, 0.3) is 0 Å². The zero-order chi connectivity index (χ0) is 14.6. The SMILES string of the molecule is CCC(C#N)Oc1ccc(C(F)(F)F)cc1[N+](=O)[O-]. The van der Waals surface area contributed by atoms with E-state index in [2.05, 4.69) is 0 Å². The van der Waals surface area contributed by atoms with Gasteiger partial charge < -0.3 is 4.74 Å². The number of nitrogens with zero attached hydrogens (tertiary/aromatic N) is 2. The highest BCUT2D eigenvalue weighted by atomic mass is 19.4. The van der Waals surface area contributed by atoms with E-state index in [4.69, 9.17) is 10.00 Å². The zero-order valence-corrected chi connectivity index (χ0v) is 9.77. The number of halogens is 3. The number of nitro groups is 1. The summed E-state index contributed by atoms with van der Waals surface area (Å²) in [5, 5.41) is 19.4. The topological polar surface area (TPSA) is 76.2 Å². The summed E-state index contributed by atoms with van der Waals surface area (Å²) >= 11 is 0. The van der Waals surface area contributed by atoms with Crippen molar-refractivity contribution < 1.29 is 22.8 Å². The van der Waals surface area contributed by atoms with Crippen molar-refractivity contribution in [3.63, 3.8) is 0 Å². The Morgan fingerprint density at radius 2 is 2.16 bits per heavy atom. The Kier molecular flexibility index (Phi) is 4.32. The minimum absolute atomic E-state index is 0.259. The van der Waals surface area contributed by atoms with E-state index in [1.807, 2.05) is 0 Å². The maximum absolute atomic E-state index is 12.4. The minimum Gasteiger partial charge on any atom is -0.468 e. The Morgan fingerprint density at radius 3 is 2.58 bits per heavy atom. The molecular formula is C11H9F3N2O3. The van der Waals surface area contributed by atoms with E-state index in [9.17, 15) is 23.3 Å². The first-order valence-corrected chi connectivity index (χ1v) is 5.21. The fourth-order valence-corrected chi connectivity index (χ4v) is 1.29. The van der Waals surface area contributed by atoms with E-state index >= 15 is 0 Å². The third-order valence-corrected chi connectivity index (χ3v) is 2.27. The molecule has 1 aromatic carbocycles. The lowest BCUT2D eigenvalue weighted by molar-refractivity contribution is -0.386. The number of rotatable bonds is 4. The van der Waals surface area contributed by atoms with Gasteiger partial charge in [-0.2, -0.15) is 18.4 Å². The van der Waals surface area contributed by atoms with Crippen molar-refractivity contribution >= 4 is 5.69 Å². The number of hydrogen-bond acceptors (Lipinski definition) is 4. The normalized spacial score (nSPS) is 12.6. The van der Waals surface area contributed by atoms with Gasteiger partial charge in [0.05, 0.1) is 10.5 Å².